The van der Waals surface area contributed by atoms with Crippen molar-refractivity contribution in [1.29, 1.82) is 0 Å². The van der Waals surface area contributed by atoms with E-state index in [4.69, 9.17) is 15.0 Å². The van der Waals surface area contributed by atoms with Gasteiger partial charge >= 0.3 is 0 Å². The Hall–Kier alpha value is -8.99. The molecule has 12 aromatic rings. The fourth-order valence-electron chi connectivity index (χ4n) is 9.27. The average Bonchev–Trinajstić information content (AvgIpc) is 3.76. The third kappa shape index (κ3) is 7.67. The number of hydrogen-bond donors (Lipinski definition) is 0. The van der Waals surface area contributed by atoms with Crippen LogP contribution in [0.1, 0.15) is 0 Å². The van der Waals surface area contributed by atoms with Gasteiger partial charge in [0.1, 0.15) is 5.82 Å². The fraction of sp³-hybridized carbons (Fsp3) is 0. The lowest BCUT2D eigenvalue weighted by Gasteiger charge is -2.13. The van der Waals surface area contributed by atoms with Gasteiger partial charge < -0.3 is 0 Å². The molecule has 3 aromatic heterocycles. The van der Waals surface area contributed by atoms with Crippen molar-refractivity contribution in [3.05, 3.63) is 255 Å². The molecule has 3 heterocycles. The molecule has 0 spiro atoms. The molecule has 0 bridgehead atoms. The summed E-state index contributed by atoms with van der Waals surface area (Å²) in [4.78, 5) is 15.9. The highest BCUT2D eigenvalue weighted by atomic mass is 15.0. The predicted molar refractivity (Wildman–Crippen MR) is 277 cm³/mol. The van der Waals surface area contributed by atoms with Crippen LogP contribution >= 0.6 is 0 Å². The predicted octanol–water partition coefficient (Wildman–Crippen LogP) is 16.3. The minimum absolute atomic E-state index is 0.682. The summed E-state index contributed by atoms with van der Waals surface area (Å²) in [6.07, 6.45) is 0. The van der Waals surface area contributed by atoms with E-state index in [-0.39, 0.29) is 0 Å². The molecule has 4 nitrogen and oxygen atoms in total. The normalized spacial score (nSPS) is 11.3. The Kier molecular flexibility index (Phi) is 10.2. The van der Waals surface area contributed by atoms with E-state index >= 15 is 0 Å². The van der Waals surface area contributed by atoms with Crippen LogP contribution in [-0.2, 0) is 0 Å². The van der Waals surface area contributed by atoms with Gasteiger partial charge in [-0.25, -0.2) is 15.0 Å². The molecule has 0 unspecified atom stereocenters. The molecular formula is C63H42N4. The summed E-state index contributed by atoms with van der Waals surface area (Å²) in [6.45, 7) is 0. The van der Waals surface area contributed by atoms with Gasteiger partial charge in [-0.3, -0.25) is 4.40 Å². The van der Waals surface area contributed by atoms with Crippen LogP contribution in [-0.4, -0.2) is 19.4 Å². The first kappa shape index (κ1) is 39.6. The fourth-order valence-corrected chi connectivity index (χ4v) is 9.27. The van der Waals surface area contributed by atoms with Crippen molar-refractivity contribution in [1.82, 2.24) is 19.4 Å². The second-order valence-corrected chi connectivity index (χ2v) is 16.8. The van der Waals surface area contributed by atoms with Gasteiger partial charge in [0.05, 0.1) is 28.3 Å². The molecule has 0 aliphatic heterocycles. The first-order chi connectivity index (χ1) is 33.2. The lowest BCUT2D eigenvalue weighted by molar-refractivity contribution is 1.12. The van der Waals surface area contributed by atoms with E-state index < -0.39 is 0 Å². The summed E-state index contributed by atoms with van der Waals surface area (Å²) in [5.74, 6) is 1.59. The minimum atomic E-state index is 0.682. The highest BCUT2D eigenvalue weighted by Gasteiger charge is 2.20. The van der Waals surface area contributed by atoms with Crippen molar-refractivity contribution in [2.75, 3.05) is 0 Å². The highest BCUT2D eigenvalue weighted by molar-refractivity contribution is 6.08. The quantitative estimate of drug-likeness (QED) is 0.145. The maximum absolute atomic E-state index is 5.42. The average molecular weight is 855 g/mol. The number of benzene rings is 9. The molecule has 0 fully saturated rings. The topological polar surface area (TPSA) is 43.1 Å². The third-order valence-electron chi connectivity index (χ3n) is 12.6. The van der Waals surface area contributed by atoms with Crippen LogP contribution in [0.25, 0.3) is 117 Å². The molecule has 0 aliphatic rings. The molecule has 0 amide bonds. The van der Waals surface area contributed by atoms with E-state index in [0.29, 0.717) is 5.82 Å². The second-order valence-electron chi connectivity index (χ2n) is 16.8. The lowest BCUT2D eigenvalue weighted by Crippen LogP contribution is -2.00. The summed E-state index contributed by atoms with van der Waals surface area (Å²) in [5, 5.41) is 2.40. The summed E-state index contributed by atoms with van der Waals surface area (Å²) in [6, 6.07) is 89.8. The van der Waals surface area contributed by atoms with Crippen molar-refractivity contribution in [2.45, 2.75) is 0 Å². The van der Waals surface area contributed by atoms with Gasteiger partial charge in [-0.2, -0.15) is 0 Å². The second kappa shape index (κ2) is 17.2. The van der Waals surface area contributed by atoms with Crippen molar-refractivity contribution < 1.29 is 0 Å². The summed E-state index contributed by atoms with van der Waals surface area (Å²) in [5.41, 5.74) is 18.1. The van der Waals surface area contributed by atoms with Crippen molar-refractivity contribution in [3.63, 3.8) is 0 Å². The van der Waals surface area contributed by atoms with Crippen LogP contribution in [0.2, 0.25) is 0 Å². The van der Waals surface area contributed by atoms with Crippen LogP contribution in [0.3, 0.4) is 0 Å². The number of fused-ring (bicyclic) bond motifs is 3. The Balaban J connectivity index is 0.911. The van der Waals surface area contributed by atoms with Gasteiger partial charge in [-0.1, -0.05) is 231 Å². The van der Waals surface area contributed by atoms with Crippen LogP contribution in [0.4, 0.5) is 0 Å². The molecule has 0 saturated carbocycles. The van der Waals surface area contributed by atoms with E-state index in [1.807, 2.05) is 12.1 Å². The smallest absolute Gasteiger partial charge is 0.160 e. The summed E-state index contributed by atoms with van der Waals surface area (Å²) >= 11 is 0. The first-order valence-electron chi connectivity index (χ1n) is 22.7. The third-order valence-corrected chi connectivity index (χ3v) is 12.6. The van der Waals surface area contributed by atoms with E-state index in [9.17, 15) is 0 Å². The molecule has 67 heavy (non-hydrogen) atoms. The van der Waals surface area contributed by atoms with Crippen molar-refractivity contribution in [3.8, 4) is 101 Å². The Morgan fingerprint density at radius 1 is 0.239 bits per heavy atom. The molecule has 314 valence electrons. The molecule has 0 atom stereocenters. The number of nitrogens with zero attached hydrogens (tertiary/aromatic N) is 4. The maximum atomic E-state index is 5.42. The van der Waals surface area contributed by atoms with E-state index in [1.165, 1.54) is 16.3 Å². The minimum Gasteiger partial charge on any atom is -0.293 e. The summed E-state index contributed by atoms with van der Waals surface area (Å²) in [7, 11) is 0. The standard InChI is InChI=1S/C63H42N4/c1-5-17-43(18-6-1)51-25-15-27-53(39-51)58-41-57(64-62(65-58)54-28-16-26-52(40-54)44-19-7-2-8-20-44)47-35-31-45(32-36-47)46-33-37-48(38-34-46)59-42-60-55-29-13-14-30-56(55)61(49-21-9-3-10-22-49)67(60)63(66-59)50-23-11-4-12-24-50/h1-42H. The molecular weight excluding hydrogens is 813 g/mol. The van der Waals surface area contributed by atoms with Gasteiger partial charge in [0.15, 0.2) is 5.82 Å². The van der Waals surface area contributed by atoms with Gasteiger partial charge in [0.25, 0.3) is 0 Å². The molecule has 0 N–H and O–H groups in total. The van der Waals surface area contributed by atoms with Gasteiger partial charge in [0, 0.05) is 38.6 Å². The van der Waals surface area contributed by atoms with Crippen LogP contribution < -0.4 is 0 Å². The Morgan fingerprint density at radius 3 is 1.19 bits per heavy atom. The first-order valence-corrected chi connectivity index (χ1v) is 22.7. The molecule has 0 aliphatic carbocycles. The van der Waals surface area contributed by atoms with Gasteiger partial charge in [-0.05, 0) is 63.2 Å². The van der Waals surface area contributed by atoms with Crippen LogP contribution in [0, 0.1) is 0 Å². The Labute approximate surface area is 389 Å². The van der Waals surface area contributed by atoms with Crippen molar-refractivity contribution >= 4 is 16.3 Å². The van der Waals surface area contributed by atoms with Crippen molar-refractivity contribution in [2.24, 2.45) is 0 Å². The van der Waals surface area contributed by atoms with E-state index in [2.05, 4.69) is 247 Å². The zero-order valence-corrected chi connectivity index (χ0v) is 36.5. The maximum Gasteiger partial charge on any atom is 0.160 e. The zero-order chi connectivity index (χ0) is 44.5. The van der Waals surface area contributed by atoms with Crippen LogP contribution in [0.15, 0.2) is 255 Å². The van der Waals surface area contributed by atoms with Gasteiger partial charge in [0.2, 0.25) is 0 Å². The zero-order valence-electron chi connectivity index (χ0n) is 36.5. The number of hydrogen-bond acceptors (Lipinski definition) is 3. The molecule has 9 aromatic carbocycles. The lowest BCUT2D eigenvalue weighted by atomic mass is 9.98. The SMILES string of the molecule is c1ccc(-c2cccc(-c3cc(-c4ccc(-c5ccc(-c6cc7c8ccccc8c(-c8ccccc8)n7c(-c7ccccc7)n6)cc5)cc4)nc(-c4cccc(-c5ccccc5)c4)n3)c2)cc1. The number of rotatable bonds is 9. The number of aromatic nitrogens is 4. The van der Waals surface area contributed by atoms with E-state index in [1.54, 1.807) is 0 Å². The highest BCUT2D eigenvalue weighted by Crippen LogP contribution is 2.40. The molecule has 12 rings (SSSR count). The van der Waals surface area contributed by atoms with Gasteiger partial charge in [-0.15, -0.1) is 0 Å². The Morgan fingerprint density at radius 2 is 0.627 bits per heavy atom. The van der Waals surface area contributed by atoms with Crippen LogP contribution in [0.5, 0.6) is 0 Å². The monoisotopic (exact) mass is 854 g/mol. The molecule has 4 heteroatoms. The molecule has 0 radical (unpaired) electrons. The summed E-state index contributed by atoms with van der Waals surface area (Å²) < 4.78 is 2.34. The largest absolute Gasteiger partial charge is 0.293 e. The molecule has 0 saturated heterocycles. The van der Waals surface area contributed by atoms with E-state index in [0.717, 1.165) is 95.3 Å². The Bertz CT molecular complexity index is 3590.